The lowest BCUT2D eigenvalue weighted by atomic mass is 9.91. The fourth-order valence-electron chi connectivity index (χ4n) is 4.04. The summed E-state index contributed by atoms with van der Waals surface area (Å²) in [6.45, 7) is 3.26. The lowest BCUT2D eigenvalue weighted by Crippen LogP contribution is -2.41. The van der Waals surface area contributed by atoms with Gasteiger partial charge < -0.3 is 9.30 Å². The second-order valence-corrected chi connectivity index (χ2v) is 7.20. The molecule has 0 saturated heterocycles. The van der Waals surface area contributed by atoms with Gasteiger partial charge in [0.1, 0.15) is 5.82 Å². The molecule has 2 aromatic heterocycles. The van der Waals surface area contributed by atoms with Gasteiger partial charge in [0, 0.05) is 37.7 Å². The normalized spacial score (nSPS) is 18.3. The summed E-state index contributed by atoms with van der Waals surface area (Å²) < 4.78 is 7.50. The van der Waals surface area contributed by atoms with Gasteiger partial charge in [-0.25, -0.2) is 15.0 Å². The Morgan fingerprint density at radius 1 is 1.08 bits per heavy atom. The van der Waals surface area contributed by atoms with Gasteiger partial charge >= 0.3 is 0 Å². The average molecular weight is 349 g/mol. The van der Waals surface area contributed by atoms with E-state index in [1.807, 2.05) is 0 Å². The van der Waals surface area contributed by atoms with E-state index in [1.54, 1.807) is 19.5 Å². The molecule has 1 aromatic carbocycles. The third-order valence-corrected chi connectivity index (χ3v) is 5.78. The summed E-state index contributed by atoms with van der Waals surface area (Å²) in [7, 11) is 1.60. The van der Waals surface area contributed by atoms with Crippen LogP contribution >= 0.6 is 0 Å². The highest BCUT2D eigenvalue weighted by Crippen LogP contribution is 2.29. The first-order valence-corrected chi connectivity index (χ1v) is 9.41. The molecule has 26 heavy (non-hydrogen) atoms. The average Bonchev–Trinajstić information content (AvgIpc) is 2.86. The van der Waals surface area contributed by atoms with Crippen molar-refractivity contribution in [2.75, 3.05) is 20.2 Å². The van der Waals surface area contributed by atoms with Gasteiger partial charge in [-0.05, 0) is 25.0 Å². The van der Waals surface area contributed by atoms with Crippen LogP contribution in [0.3, 0.4) is 0 Å². The minimum absolute atomic E-state index is 0.532. The monoisotopic (exact) mass is 349 g/mol. The molecule has 0 N–H and O–H groups in total. The molecule has 0 bridgehead atoms. The molecule has 0 atom stereocenters. The Morgan fingerprint density at radius 3 is 2.73 bits per heavy atom. The van der Waals surface area contributed by atoms with Crippen molar-refractivity contribution < 1.29 is 4.74 Å². The molecule has 6 heteroatoms. The maximum absolute atomic E-state index is 5.10. The Kier molecular flexibility index (Phi) is 3.85. The van der Waals surface area contributed by atoms with Gasteiger partial charge in [-0.3, -0.25) is 4.90 Å². The zero-order chi connectivity index (χ0) is 17.5. The summed E-state index contributed by atoms with van der Waals surface area (Å²) in [6, 6.07) is 7.17. The predicted molar refractivity (Wildman–Crippen MR) is 100 cm³/mol. The lowest BCUT2D eigenvalue weighted by Gasteiger charge is -2.36. The SMILES string of the molecule is COc1cnc(-c2ccc3nc4n(c3c2)CCN(C2CCC2)CC4)cn1. The van der Waals surface area contributed by atoms with Crippen LogP contribution in [0.15, 0.2) is 30.6 Å². The maximum atomic E-state index is 5.10. The van der Waals surface area contributed by atoms with E-state index in [1.165, 1.54) is 30.6 Å². The van der Waals surface area contributed by atoms with Crippen LogP contribution < -0.4 is 4.74 Å². The number of ether oxygens (including phenoxy) is 1. The second kappa shape index (κ2) is 6.36. The van der Waals surface area contributed by atoms with Crippen molar-refractivity contribution in [2.24, 2.45) is 0 Å². The van der Waals surface area contributed by atoms with Crippen LogP contribution in [-0.2, 0) is 13.0 Å². The van der Waals surface area contributed by atoms with Crippen molar-refractivity contribution in [1.82, 2.24) is 24.4 Å². The molecule has 0 spiro atoms. The highest BCUT2D eigenvalue weighted by molar-refractivity contribution is 5.82. The molecule has 0 unspecified atom stereocenters. The molecule has 5 rings (SSSR count). The molecule has 1 saturated carbocycles. The zero-order valence-corrected chi connectivity index (χ0v) is 15.1. The first kappa shape index (κ1) is 15.8. The van der Waals surface area contributed by atoms with Crippen molar-refractivity contribution in [3.63, 3.8) is 0 Å². The third-order valence-electron chi connectivity index (χ3n) is 5.78. The number of aromatic nitrogens is 4. The number of hydrogen-bond acceptors (Lipinski definition) is 5. The number of benzene rings is 1. The van der Waals surface area contributed by atoms with Gasteiger partial charge in [0.25, 0.3) is 0 Å². The fourth-order valence-corrected chi connectivity index (χ4v) is 4.04. The number of nitrogens with zero attached hydrogens (tertiary/aromatic N) is 5. The molecule has 3 heterocycles. The van der Waals surface area contributed by atoms with Crippen LogP contribution in [0.2, 0.25) is 0 Å². The van der Waals surface area contributed by atoms with Gasteiger partial charge in [-0.15, -0.1) is 0 Å². The van der Waals surface area contributed by atoms with Crippen LogP contribution in [0.1, 0.15) is 25.1 Å². The molecule has 0 radical (unpaired) electrons. The van der Waals surface area contributed by atoms with Crippen molar-refractivity contribution in [3.8, 4) is 17.1 Å². The molecule has 0 amide bonds. The number of hydrogen-bond donors (Lipinski definition) is 0. The molecular formula is C20H23N5O. The number of fused-ring (bicyclic) bond motifs is 3. The molecule has 3 aromatic rings. The second-order valence-electron chi connectivity index (χ2n) is 7.20. The smallest absolute Gasteiger partial charge is 0.232 e. The minimum Gasteiger partial charge on any atom is -0.480 e. The Hall–Kier alpha value is -2.47. The molecule has 1 fully saturated rings. The summed E-state index contributed by atoms with van der Waals surface area (Å²) >= 11 is 0. The molecular weight excluding hydrogens is 326 g/mol. The lowest BCUT2D eigenvalue weighted by molar-refractivity contribution is 0.130. The van der Waals surface area contributed by atoms with Crippen molar-refractivity contribution in [2.45, 2.75) is 38.3 Å². The Bertz CT molecular complexity index is 929. The van der Waals surface area contributed by atoms with Crippen molar-refractivity contribution in [3.05, 3.63) is 36.4 Å². The summed E-state index contributed by atoms with van der Waals surface area (Å²) in [5.74, 6) is 1.74. The predicted octanol–water partition coefficient (Wildman–Crippen LogP) is 2.91. The van der Waals surface area contributed by atoms with Crippen LogP contribution in [0, 0.1) is 0 Å². The summed E-state index contributed by atoms with van der Waals surface area (Å²) in [6.07, 6.45) is 8.57. The van der Waals surface area contributed by atoms with E-state index in [0.29, 0.717) is 5.88 Å². The van der Waals surface area contributed by atoms with E-state index in [2.05, 4.69) is 37.6 Å². The molecule has 134 valence electrons. The summed E-state index contributed by atoms with van der Waals surface area (Å²) in [4.78, 5) is 16.3. The van der Waals surface area contributed by atoms with Gasteiger partial charge in [-0.2, -0.15) is 0 Å². The molecule has 6 nitrogen and oxygen atoms in total. The molecule has 1 aliphatic heterocycles. The van der Waals surface area contributed by atoms with Gasteiger partial charge in [0.15, 0.2) is 0 Å². The highest BCUT2D eigenvalue weighted by atomic mass is 16.5. The van der Waals surface area contributed by atoms with Crippen LogP contribution in [0.25, 0.3) is 22.3 Å². The highest BCUT2D eigenvalue weighted by Gasteiger charge is 2.27. The van der Waals surface area contributed by atoms with E-state index in [0.717, 1.165) is 48.9 Å². The Balaban J connectivity index is 1.47. The quantitative estimate of drug-likeness (QED) is 0.728. The first-order valence-electron chi connectivity index (χ1n) is 9.41. The standard InChI is InChI=1S/C20H23N5O/c1-26-20-13-21-17(12-22-20)14-5-6-16-18(11-14)25-10-9-24(15-3-2-4-15)8-7-19(25)23-16/h5-6,11-13,15H,2-4,7-10H2,1H3. The maximum Gasteiger partial charge on any atom is 0.232 e. The summed E-state index contributed by atoms with van der Waals surface area (Å²) in [5, 5.41) is 0. The van der Waals surface area contributed by atoms with Crippen molar-refractivity contribution >= 4 is 11.0 Å². The minimum atomic E-state index is 0.532. The van der Waals surface area contributed by atoms with Crippen LogP contribution in [-0.4, -0.2) is 50.7 Å². The third kappa shape index (κ3) is 2.65. The van der Waals surface area contributed by atoms with Gasteiger partial charge in [-0.1, -0.05) is 12.5 Å². The van der Waals surface area contributed by atoms with E-state index in [-0.39, 0.29) is 0 Å². The van der Waals surface area contributed by atoms with Gasteiger partial charge in [0.05, 0.1) is 36.2 Å². The summed E-state index contributed by atoms with van der Waals surface area (Å²) in [5.41, 5.74) is 4.19. The van der Waals surface area contributed by atoms with E-state index in [4.69, 9.17) is 9.72 Å². The van der Waals surface area contributed by atoms with E-state index >= 15 is 0 Å². The van der Waals surface area contributed by atoms with Crippen molar-refractivity contribution in [1.29, 1.82) is 0 Å². The first-order chi connectivity index (χ1) is 12.8. The van der Waals surface area contributed by atoms with E-state index in [9.17, 15) is 0 Å². The van der Waals surface area contributed by atoms with Gasteiger partial charge in [0.2, 0.25) is 5.88 Å². The topological polar surface area (TPSA) is 56.1 Å². The largest absolute Gasteiger partial charge is 0.480 e. The van der Waals surface area contributed by atoms with Crippen LogP contribution in [0.5, 0.6) is 5.88 Å². The number of methoxy groups -OCH3 is 1. The number of rotatable bonds is 3. The Morgan fingerprint density at radius 2 is 2.00 bits per heavy atom. The zero-order valence-electron chi connectivity index (χ0n) is 15.1. The fraction of sp³-hybridized carbons (Fsp3) is 0.450. The van der Waals surface area contributed by atoms with E-state index < -0.39 is 0 Å². The number of imidazole rings is 1. The van der Waals surface area contributed by atoms with Crippen LogP contribution in [0.4, 0.5) is 0 Å². The molecule has 2 aliphatic rings. The molecule has 1 aliphatic carbocycles. The Labute approximate surface area is 152 Å².